The van der Waals surface area contributed by atoms with Crippen molar-refractivity contribution in [1.82, 2.24) is 14.8 Å². The monoisotopic (exact) mass is 226 g/mol. The van der Waals surface area contributed by atoms with E-state index in [1.807, 2.05) is 6.92 Å². The van der Waals surface area contributed by atoms with Crippen LogP contribution >= 0.6 is 0 Å². The molecule has 0 spiro atoms. The molecule has 0 radical (unpaired) electrons. The van der Waals surface area contributed by atoms with E-state index in [4.69, 9.17) is 10.5 Å². The summed E-state index contributed by atoms with van der Waals surface area (Å²) in [4.78, 5) is 0. The number of methoxy groups -OCH3 is 1. The number of hydrogen-bond acceptors (Lipinski definition) is 4. The lowest BCUT2D eigenvalue weighted by molar-refractivity contribution is -0.0122. The standard InChI is InChI=1S/C11H22N4O/c1-5-7-15-9(8-12)13-14-10(15)11(3,6-2)16-4/h5-8,12H2,1-4H3. The Hall–Kier alpha value is -0.940. The van der Waals surface area contributed by atoms with E-state index in [0.717, 1.165) is 31.0 Å². The fraction of sp³-hybridized carbons (Fsp3) is 0.818. The van der Waals surface area contributed by atoms with E-state index in [1.54, 1.807) is 7.11 Å². The van der Waals surface area contributed by atoms with Gasteiger partial charge in [-0.25, -0.2) is 0 Å². The Bertz CT molecular complexity index is 331. The highest BCUT2D eigenvalue weighted by Gasteiger charge is 2.30. The lowest BCUT2D eigenvalue weighted by atomic mass is 10.0. The first kappa shape index (κ1) is 13.1. The molecule has 1 unspecified atom stereocenters. The fourth-order valence-electron chi connectivity index (χ4n) is 1.73. The Labute approximate surface area is 97.0 Å². The third-order valence-corrected chi connectivity index (χ3v) is 3.06. The maximum Gasteiger partial charge on any atom is 0.165 e. The summed E-state index contributed by atoms with van der Waals surface area (Å²) < 4.78 is 7.63. The molecule has 92 valence electrons. The minimum atomic E-state index is -0.379. The van der Waals surface area contributed by atoms with E-state index < -0.39 is 0 Å². The first-order valence-corrected chi connectivity index (χ1v) is 5.80. The van der Waals surface area contributed by atoms with Gasteiger partial charge >= 0.3 is 0 Å². The highest BCUT2D eigenvalue weighted by atomic mass is 16.5. The normalized spacial score (nSPS) is 15.1. The van der Waals surface area contributed by atoms with Gasteiger partial charge in [0, 0.05) is 13.7 Å². The largest absolute Gasteiger partial charge is 0.371 e. The Morgan fingerprint density at radius 1 is 1.38 bits per heavy atom. The number of aromatic nitrogens is 3. The Balaban J connectivity index is 3.16. The van der Waals surface area contributed by atoms with Gasteiger partial charge in [0.2, 0.25) is 0 Å². The average Bonchev–Trinajstić information content (AvgIpc) is 2.72. The third-order valence-electron chi connectivity index (χ3n) is 3.06. The Kier molecular flexibility index (Phi) is 4.44. The van der Waals surface area contributed by atoms with Gasteiger partial charge in [-0.1, -0.05) is 13.8 Å². The van der Waals surface area contributed by atoms with Crippen molar-refractivity contribution in [2.75, 3.05) is 7.11 Å². The van der Waals surface area contributed by atoms with E-state index in [2.05, 4.69) is 28.6 Å². The summed E-state index contributed by atoms with van der Waals surface area (Å²) in [7, 11) is 1.70. The summed E-state index contributed by atoms with van der Waals surface area (Å²) in [6, 6.07) is 0. The zero-order valence-corrected chi connectivity index (χ0v) is 10.7. The van der Waals surface area contributed by atoms with E-state index in [9.17, 15) is 0 Å². The SMILES string of the molecule is CCCn1c(CN)nnc1C(C)(CC)OC. The lowest BCUT2D eigenvalue weighted by Gasteiger charge is -2.26. The summed E-state index contributed by atoms with van der Waals surface area (Å²) in [5.41, 5.74) is 5.28. The van der Waals surface area contributed by atoms with Crippen LogP contribution in [-0.4, -0.2) is 21.9 Å². The molecule has 5 heteroatoms. The van der Waals surface area contributed by atoms with Crippen molar-refractivity contribution in [1.29, 1.82) is 0 Å². The van der Waals surface area contributed by atoms with E-state index >= 15 is 0 Å². The van der Waals surface area contributed by atoms with Crippen LogP contribution in [0.25, 0.3) is 0 Å². The van der Waals surface area contributed by atoms with Crippen LogP contribution in [0.1, 0.15) is 45.3 Å². The zero-order valence-electron chi connectivity index (χ0n) is 10.7. The number of nitrogens with two attached hydrogens (primary N) is 1. The highest BCUT2D eigenvalue weighted by molar-refractivity contribution is 5.05. The van der Waals surface area contributed by atoms with Crippen molar-refractivity contribution in [2.24, 2.45) is 5.73 Å². The second-order valence-corrected chi connectivity index (χ2v) is 4.08. The molecule has 1 aromatic heterocycles. The van der Waals surface area contributed by atoms with Crippen LogP contribution in [-0.2, 0) is 23.4 Å². The van der Waals surface area contributed by atoms with Gasteiger partial charge in [-0.05, 0) is 19.8 Å². The van der Waals surface area contributed by atoms with Crippen molar-refractivity contribution >= 4 is 0 Å². The first-order chi connectivity index (χ1) is 7.62. The van der Waals surface area contributed by atoms with Gasteiger partial charge in [-0.2, -0.15) is 0 Å². The Morgan fingerprint density at radius 2 is 2.06 bits per heavy atom. The molecule has 0 aromatic carbocycles. The lowest BCUT2D eigenvalue weighted by Crippen LogP contribution is -2.28. The molecule has 0 aliphatic carbocycles. The van der Waals surface area contributed by atoms with Crippen molar-refractivity contribution in [3.8, 4) is 0 Å². The Morgan fingerprint density at radius 3 is 2.50 bits per heavy atom. The van der Waals surface area contributed by atoms with Crippen LogP contribution in [0.2, 0.25) is 0 Å². The first-order valence-electron chi connectivity index (χ1n) is 5.80. The smallest absolute Gasteiger partial charge is 0.165 e. The van der Waals surface area contributed by atoms with Crippen LogP contribution < -0.4 is 5.73 Å². The third kappa shape index (κ3) is 2.25. The number of ether oxygens (including phenoxy) is 1. The molecular weight excluding hydrogens is 204 g/mol. The number of nitrogens with zero attached hydrogens (tertiary/aromatic N) is 3. The summed E-state index contributed by atoms with van der Waals surface area (Å²) in [6.07, 6.45) is 1.89. The topological polar surface area (TPSA) is 66.0 Å². The minimum absolute atomic E-state index is 0.379. The molecular formula is C11H22N4O. The predicted molar refractivity (Wildman–Crippen MR) is 62.9 cm³/mol. The van der Waals surface area contributed by atoms with Gasteiger partial charge in [0.25, 0.3) is 0 Å². The fourth-order valence-corrected chi connectivity index (χ4v) is 1.73. The average molecular weight is 226 g/mol. The molecule has 0 aliphatic rings. The maximum absolute atomic E-state index is 5.66. The molecule has 1 heterocycles. The van der Waals surface area contributed by atoms with Gasteiger partial charge in [-0.15, -0.1) is 10.2 Å². The molecule has 0 fully saturated rings. The quantitative estimate of drug-likeness (QED) is 0.796. The molecule has 2 N–H and O–H groups in total. The maximum atomic E-state index is 5.66. The van der Waals surface area contributed by atoms with E-state index in [0.29, 0.717) is 6.54 Å². The van der Waals surface area contributed by atoms with Gasteiger partial charge in [-0.3, -0.25) is 0 Å². The van der Waals surface area contributed by atoms with E-state index in [1.165, 1.54) is 0 Å². The molecule has 0 amide bonds. The summed E-state index contributed by atoms with van der Waals surface area (Å²) in [5, 5.41) is 8.35. The van der Waals surface area contributed by atoms with Crippen molar-refractivity contribution < 1.29 is 4.74 Å². The molecule has 0 saturated carbocycles. The van der Waals surface area contributed by atoms with Crippen molar-refractivity contribution in [3.05, 3.63) is 11.6 Å². The molecule has 0 aliphatic heterocycles. The van der Waals surface area contributed by atoms with Crippen LogP contribution in [0.15, 0.2) is 0 Å². The van der Waals surface area contributed by atoms with Gasteiger partial charge < -0.3 is 15.0 Å². The zero-order chi connectivity index (χ0) is 12.2. The second kappa shape index (κ2) is 5.41. The van der Waals surface area contributed by atoms with Crippen molar-refractivity contribution in [2.45, 2.75) is 52.3 Å². The summed E-state index contributed by atoms with van der Waals surface area (Å²) in [5.74, 6) is 1.70. The molecule has 1 atom stereocenters. The number of rotatable bonds is 6. The summed E-state index contributed by atoms with van der Waals surface area (Å²) in [6.45, 7) is 7.53. The summed E-state index contributed by atoms with van der Waals surface area (Å²) >= 11 is 0. The molecule has 1 rings (SSSR count). The molecule has 0 saturated heterocycles. The van der Waals surface area contributed by atoms with Crippen LogP contribution in [0.4, 0.5) is 0 Å². The molecule has 5 nitrogen and oxygen atoms in total. The highest BCUT2D eigenvalue weighted by Crippen LogP contribution is 2.27. The van der Waals surface area contributed by atoms with E-state index in [-0.39, 0.29) is 5.60 Å². The predicted octanol–water partition coefficient (Wildman–Crippen LogP) is 1.42. The molecule has 16 heavy (non-hydrogen) atoms. The van der Waals surface area contributed by atoms with Crippen LogP contribution in [0, 0.1) is 0 Å². The van der Waals surface area contributed by atoms with Gasteiger partial charge in [0.05, 0.1) is 6.54 Å². The van der Waals surface area contributed by atoms with Crippen LogP contribution in [0.3, 0.4) is 0 Å². The number of hydrogen-bond donors (Lipinski definition) is 1. The second-order valence-electron chi connectivity index (χ2n) is 4.08. The van der Waals surface area contributed by atoms with Crippen LogP contribution in [0.5, 0.6) is 0 Å². The van der Waals surface area contributed by atoms with Crippen molar-refractivity contribution in [3.63, 3.8) is 0 Å². The molecule has 0 bridgehead atoms. The van der Waals surface area contributed by atoms with Gasteiger partial charge in [0.1, 0.15) is 11.4 Å². The van der Waals surface area contributed by atoms with Gasteiger partial charge in [0.15, 0.2) is 5.82 Å². The minimum Gasteiger partial charge on any atom is -0.371 e. The molecule has 1 aromatic rings.